The highest BCUT2D eigenvalue weighted by atomic mass is 16.5. The van der Waals surface area contributed by atoms with Gasteiger partial charge in [0.2, 0.25) is 0 Å². The molecule has 15 heavy (non-hydrogen) atoms. The van der Waals surface area contributed by atoms with E-state index in [1.54, 1.807) is 6.20 Å². The molecule has 0 saturated heterocycles. The Morgan fingerprint density at radius 3 is 2.40 bits per heavy atom. The summed E-state index contributed by atoms with van der Waals surface area (Å²) in [6, 6.07) is 15.6. The maximum atomic E-state index is 5.74. The Labute approximate surface area is 89.6 Å². The largest absolute Gasteiger partial charge is 0.484 e. The Balaban J connectivity index is 2.08. The van der Waals surface area contributed by atoms with Gasteiger partial charge in [-0.1, -0.05) is 24.3 Å². The fourth-order valence-corrected chi connectivity index (χ4v) is 1.38. The zero-order valence-electron chi connectivity index (χ0n) is 8.63. The predicted molar refractivity (Wildman–Crippen MR) is 59.7 cm³/mol. The SMILES string of the molecule is C[C@@H](Oc1ccccc1)c1ccccn1. The topological polar surface area (TPSA) is 22.1 Å². The number of nitrogens with zero attached hydrogens (tertiary/aromatic N) is 1. The van der Waals surface area contributed by atoms with E-state index < -0.39 is 0 Å². The van der Waals surface area contributed by atoms with Crippen molar-refractivity contribution < 1.29 is 4.74 Å². The Morgan fingerprint density at radius 2 is 1.73 bits per heavy atom. The van der Waals surface area contributed by atoms with E-state index in [0.717, 1.165) is 11.4 Å². The van der Waals surface area contributed by atoms with Gasteiger partial charge >= 0.3 is 0 Å². The number of hydrogen-bond donors (Lipinski definition) is 0. The smallest absolute Gasteiger partial charge is 0.138 e. The maximum absolute atomic E-state index is 5.74. The van der Waals surface area contributed by atoms with Crippen molar-refractivity contribution in [1.82, 2.24) is 4.98 Å². The van der Waals surface area contributed by atoms with Crippen LogP contribution in [0.25, 0.3) is 0 Å². The van der Waals surface area contributed by atoms with Crippen LogP contribution in [0.3, 0.4) is 0 Å². The number of ether oxygens (including phenoxy) is 1. The number of para-hydroxylation sites is 1. The Morgan fingerprint density at radius 1 is 1.00 bits per heavy atom. The van der Waals surface area contributed by atoms with Crippen molar-refractivity contribution in [3.8, 4) is 5.75 Å². The molecule has 2 rings (SSSR count). The molecule has 0 aliphatic heterocycles. The molecule has 2 nitrogen and oxygen atoms in total. The average Bonchev–Trinajstić information content (AvgIpc) is 2.31. The fourth-order valence-electron chi connectivity index (χ4n) is 1.38. The predicted octanol–water partition coefficient (Wildman–Crippen LogP) is 3.22. The number of rotatable bonds is 3. The summed E-state index contributed by atoms with van der Waals surface area (Å²) in [5, 5.41) is 0. The van der Waals surface area contributed by atoms with Crippen LogP contribution in [0.1, 0.15) is 18.7 Å². The lowest BCUT2D eigenvalue weighted by atomic mass is 10.2. The van der Waals surface area contributed by atoms with Crippen molar-refractivity contribution in [2.75, 3.05) is 0 Å². The van der Waals surface area contributed by atoms with Crippen molar-refractivity contribution in [1.29, 1.82) is 0 Å². The van der Waals surface area contributed by atoms with Crippen LogP contribution >= 0.6 is 0 Å². The van der Waals surface area contributed by atoms with E-state index in [-0.39, 0.29) is 6.10 Å². The number of pyridine rings is 1. The van der Waals surface area contributed by atoms with Gasteiger partial charge in [0.05, 0.1) is 5.69 Å². The van der Waals surface area contributed by atoms with Gasteiger partial charge in [0.1, 0.15) is 11.9 Å². The Hall–Kier alpha value is -1.83. The molecule has 0 spiro atoms. The second-order valence-electron chi connectivity index (χ2n) is 3.33. The average molecular weight is 199 g/mol. The van der Waals surface area contributed by atoms with Crippen LogP contribution in [0, 0.1) is 0 Å². The second kappa shape index (κ2) is 4.60. The molecule has 1 atom stereocenters. The van der Waals surface area contributed by atoms with Crippen LogP contribution in [0.4, 0.5) is 0 Å². The van der Waals surface area contributed by atoms with Gasteiger partial charge in [-0.25, -0.2) is 0 Å². The molecule has 0 radical (unpaired) electrons. The van der Waals surface area contributed by atoms with Gasteiger partial charge in [-0.15, -0.1) is 0 Å². The third-order valence-electron chi connectivity index (χ3n) is 2.16. The molecule has 0 fully saturated rings. The molecule has 0 aliphatic carbocycles. The van der Waals surface area contributed by atoms with Crippen molar-refractivity contribution in [2.45, 2.75) is 13.0 Å². The van der Waals surface area contributed by atoms with Crippen molar-refractivity contribution in [3.05, 3.63) is 60.4 Å². The standard InChI is InChI=1S/C13H13NO/c1-11(13-9-5-6-10-14-13)15-12-7-3-2-4-8-12/h2-11H,1H3/t11-/m1/s1. The van der Waals surface area contributed by atoms with E-state index in [2.05, 4.69) is 4.98 Å². The van der Waals surface area contributed by atoms with E-state index in [1.165, 1.54) is 0 Å². The van der Waals surface area contributed by atoms with Crippen LogP contribution in [0.5, 0.6) is 5.75 Å². The van der Waals surface area contributed by atoms with Crippen molar-refractivity contribution >= 4 is 0 Å². The first-order valence-corrected chi connectivity index (χ1v) is 4.99. The number of hydrogen-bond acceptors (Lipinski definition) is 2. The minimum atomic E-state index is -0.0198. The van der Waals surface area contributed by atoms with E-state index in [1.807, 2.05) is 55.5 Å². The molecular weight excluding hydrogens is 186 g/mol. The lowest BCUT2D eigenvalue weighted by Gasteiger charge is -2.13. The van der Waals surface area contributed by atoms with E-state index in [0.29, 0.717) is 0 Å². The molecule has 0 amide bonds. The summed E-state index contributed by atoms with van der Waals surface area (Å²) in [6.07, 6.45) is 1.76. The van der Waals surface area contributed by atoms with Crippen molar-refractivity contribution in [2.24, 2.45) is 0 Å². The lowest BCUT2D eigenvalue weighted by molar-refractivity contribution is 0.222. The molecule has 0 unspecified atom stereocenters. The third kappa shape index (κ3) is 2.56. The van der Waals surface area contributed by atoms with E-state index >= 15 is 0 Å². The highest BCUT2D eigenvalue weighted by Crippen LogP contribution is 2.19. The summed E-state index contributed by atoms with van der Waals surface area (Å²) >= 11 is 0. The summed E-state index contributed by atoms with van der Waals surface area (Å²) in [4.78, 5) is 4.25. The van der Waals surface area contributed by atoms with Crippen LogP contribution in [0.2, 0.25) is 0 Å². The van der Waals surface area contributed by atoms with Gasteiger partial charge in [-0.05, 0) is 31.2 Å². The van der Waals surface area contributed by atoms with Gasteiger partial charge < -0.3 is 4.74 Å². The first-order valence-electron chi connectivity index (χ1n) is 4.99. The molecule has 2 heteroatoms. The van der Waals surface area contributed by atoms with Crippen LogP contribution < -0.4 is 4.74 Å². The third-order valence-corrected chi connectivity index (χ3v) is 2.16. The van der Waals surface area contributed by atoms with Gasteiger partial charge in [0.25, 0.3) is 0 Å². The second-order valence-corrected chi connectivity index (χ2v) is 3.33. The van der Waals surface area contributed by atoms with Gasteiger partial charge in [0, 0.05) is 6.20 Å². The Kier molecular flexibility index (Phi) is 2.98. The summed E-state index contributed by atoms with van der Waals surface area (Å²) in [6.45, 7) is 2.00. The molecule has 76 valence electrons. The summed E-state index contributed by atoms with van der Waals surface area (Å²) in [5.41, 5.74) is 0.946. The highest BCUT2D eigenvalue weighted by molar-refractivity contribution is 5.22. The first kappa shape index (κ1) is 9.71. The van der Waals surface area contributed by atoms with Gasteiger partial charge in [0.15, 0.2) is 0 Å². The number of benzene rings is 1. The molecule has 0 bridgehead atoms. The van der Waals surface area contributed by atoms with Gasteiger partial charge in [-0.3, -0.25) is 4.98 Å². The Bertz CT molecular complexity index is 399. The van der Waals surface area contributed by atoms with E-state index in [9.17, 15) is 0 Å². The van der Waals surface area contributed by atoms with Crippen LogP contribution in [-0.4, -0.2) is 4.98 Å². The molecule has 0 aliphatic rings. The molecule has 0 saturated carbocycles. The zero-order valence-corrected chi connectivity index (χ0v) is 8.63. The molecule has 0 N–H and O–H groups in total. The molecular formula is C13H13NO. The van der Waals surface area contributed by atoms with E-state index in [4.69, 9.17) is 4.74 Å². The highest BCUT2D eigenvalue weighted by Gasteiger charge is 2.06. The molecule has 2 aromatic rings. The molecule has 1 aromatic heterocycles. The number of aromatic nitrogens is 1. The van der Waals surface area contributed by atoms with Crippen LogP contribution in [-0.2, 0) is 0 Å². The summed E-state index contributed by atoms with van der Waals surface area (Å²) in [7, 11) is 0. The van der Waals surface area contributed by atoms with Crippen LogP contribution in [0.15, 0.2) is 54.7 Å². The van der Waals surface area contributed by atoms with Crippen molar-refractivity contribution in [3.63, 3.8) is 0 Å². The summed E-state index contributed by atoms with van der Waals surface area (Å²) < 4.78 is 5.74. The maximum Gasteiger partial charge on any atom is 0.138 e. The monoisotopic (exact) mass is 199 g/mol. The normalized spacial score (nSPS) is 12.1. The minimum absolute atomic E-state index is 0.0198. The van der Waals surface area contributed by atoms with Gasteiger partial charge in [-0.2, -0.15) is 0 Å². The minimum Gasteiger partial charge on any atom is -0.484 e. The molecule has 1 heterocycles. The zero-order chi connectivity index (χ0) is 10.5. The fraction of sp³-hybridized carbons (Fsp3) is 0.154. The first-order chi connectivity index (χ1) is 7.36. The lowest BCUT2D eigenvalue weighted by Crippen LogP contribution is -2.04. The molecule has 1 aromatic carbocycles. The quantitative estimate of drug-likeness (QED) is 0.757. The summed E-state index contributed by atoms with van der Waals surface area (Å²) in [5.74, 6) is 0.871.